The van der Waals surface area contributed by atoms with E-state index >= 15 is 0 Å². The average Bonchev–Trinajstić information content (AvgIpc) is 3.18. The minimum Gasteiger partial charge on any atom is -0.493 e. The topological polar surface area (TPSA) is 44.1 Å². The van der Waals surface area contributed by atoms with E-state index in [0.717, 1.165) is 46.1 Å². The molecule has 2 aromatic carbocycles. The van der Waals surface area contributed by atoms with Crippen molar-refractivity contribution in [2.24, 2.45) is 0 Å². The van der Waals surface area contributed by atoms with Crippen molar-refractivity contribution in [3.05, 3.63) is 80.5 Å². The van der Waals surface area contributed by atoms with Gasteiger partial charge in [0.1, 0.15) is 10.6 Å². The summed E-state index contributed by atoms with van der Waals surface area (Å²) in [5.74, 6) is 1.59. The van der Waals surface area contributed by atoms with E-state index in [4.69, 9.17) is 9.72 Å². The zero-order valence-corrected chi connectivity index (χ0v) is 20.0. The number of para-hydroxylation sites is 1. The fraction of sp³-hybridized carbons (Fsp3) is 0.308. The van der Waals surface area contributed by atoms with Gasteiger partial charge in [0.05, 0.1) is 17.7 Å². The Morgan fingerprint density at radius 3 is 2.69 bits per heavy atom. The molecule has 4 aromatic rings. The van der Waals surface area contributed by atoms with E-state index in [1.165, 1.54) is 28.0 Å². The van der Waals surface area contributed by atoms with Crippen LogP contribution in [0.5, 0.6) is 5.75 Å². The second kappa shape index (κ2) is 9.12. The normalized spacial score (nSPS) is 13.3. The molecule has 2 heterocycles. The lowest BCUT2D eigenvalue weighted by atomic mass is 9.97. The van der Waals surface area contributed by atoms with Crippen molar-refractivity contribution in [3.8, 4) is 11.4 Å². The lowest BCUT2D eigenvalue weighted by Gasteiger charge is -2.14. The number of nitrogens with zero attached hydrogens (tertiary/aromatic N) is 2. The summed E-state index contributed by atoms with van der Waals surface area (Å²) in [5.41, 5.74) is 4.63. The molecule has 0 N–H and O–H groups in total. The molecule has 0 saturated heterocycles. The number of benzene rings is 2. The summed E-state index contributed by atoms with van der Waals surface area (Å²) in [6.07, 6.45) is 4.39. The Kier molecular flexibility index (Phi) is 6.07. The number of thioether (sulfide) groups is 1. The van der Waals surface area contributed by atoms with Crippen LogP contribution in [0.25, 0.3) is 15.9 Å². The largest absolute Gasteiger partial charge is 0.493 e. The van der Waals surface area contributed by atoms with E-state index < -0.39 is 0 Å². The van der Waals surface area contributed by atoms with Crippen molar-refractivity contribution in [1.82, 2.24) is 9.55 Å². The zero-order chi connectivity index (χ0) is 22.1. The van der Waals surface area contributed by atoms with Crippen LogP contribution in [0, 0.1) is 13.8 Å². The van der Waals surface area contributed by atoms with Gasteiger partial charge < -0.3 is 4.74 Å². The molecule has 164 valence electrons. The van der Waals surface area contributed by atoms with Gasteiger partial charge in [-0.05, 0) is 80.5 Å². The second-order valence-corrected chi connectivity index (χ2v) is 10.4. The van der Waals surface area contributed by atoms with Gasteiger partial charge in [-0.1, -0.05) is 36.0 Å². The van der Waals surface area contributed by atoms with Crippen molar-refractivity contribution in [2.75, 3.05) is 12.4 Å². The molecular weight excluding hydrogens is 436 g/mol. The first-order valence-electron chi connectivity index (χ1n) is 11.1. The van der Waals surface area contributed by atoms with Gasteiger partial charge in [-0.25, -0.2) is 4.98 Å². The number of aromatic nitrogens is 2. The van der Waals surface area contributed by atoms with E-state index in [0.29, 0.717) is 12.4 Å². The van der Waals surface area contributed by atoms with Crippen LogP contribution in [-0.2, 0) is 12.8 Å². The highest BCUT2D eigenvalue weighted by atomic mass is 32.2. The maximum atomic E-state index is 13.7. The molecule has 0 fully saturated rings. The molecule has 0 bridgehead atoms. The van der Waals surface area contributed by atoms with Gasteiger partial charge in [0.2, 0.25) is 0 Å². The van der Waals surface area contributed by atoms with Gasteiger partial charge in [0, 0.05) is 10.6 Å². The third kappa shape index (κ3) is 4.09. The third-order valence-corrected chi connectivity index (χ3v) is 8.12. The smallest absolute Gasteiger partial charge is 0.267 e. The minimum atomic E-state index is 0.0539. The number of aryl methyl sites for hydroxylation is 4. The molecule has 5 rings (SSSR count). The molecule has 4 nitrogen and oxygen atoms in total. The molecular formula is C26H26N2O2S2. The molecule has 0 aliphatic heterocycles. The molecule has 6 heteroatoms. The SMILES string of the molecule is Cc1ccc(OCCSc2nc3sc4c(c3c(=O)n2-c2ccccc2)CCCC4)cc1C. The standard InChI is InChI=1S/C26H26N2O2S2/c1-17-12-13-20(16-18(17)2)30-14-15-31-26-27-24-23(21-10-6-7-11-22(21)32-24)25(29)28(26)19-8-4-3-5-9-19/h3-5,8-9,12-13,16H,6-7,10-11,14-15H2,1-2H3. The van der Waals surface area contributed by atoms with Crippen molar-refractivity contribution in [1.29, 1.82) is 0 Å². The lowest BCUT2D eigenvalue weighted by molar-refractivity contribution is 0.343. The van der Waals surface area contributed by atoms with E-state index in [1.54, 1.807) is 27.7 Å². The first-order valence-corrected chi connectivity index (χ1v) is 12.9. The Hall–Kier alpha value is -2.57. The first kappa shape index (κ1) is 21.3. The predicted molar refractivity (Wildman–Crippen MR) is 134 cm³/mol. The van der Waals surface area contributed by atoms with Crippen LogP contribution in [0.3, 0.4) is 0 Å². The van der Waals surface area contributed by atoms with Crippen LogP contribution in [-0.4, -0.2) is 21.9 Å². The summed E-state index contributed by atoms with van der Waals surface area (Å²) in [5, 5.41) is 1.56. The summed E-state index contributed by atoms with van der Waals surface area (Å²) in [6.45, 7) is 4.74. The number of rotatable bonds is 6. The molecule has 0 radical (unpaired) electrons. The molecule has 0 spiro atoms. The lowest BCUT2D eigenvalue weighted by Crippen LogP contribution is -2.22. The quantitative estimate of drug-likeness (QED) is 0.197. The minimum absolute atomic E-state index is 0.0539. The summed E-state index contributed by atoms with van der Waals surface area (Å²) >= 11 is 3.28. The Bertz CT molecular complexity index is 1330. The van der Waals surface area contributed by atoms with Crippen LogP contribution in [0.15, 0.2) is 58.5 Å². The average molecular weight is 463 g/mol. The maximum Gasteiger partial charge on any atom is 0.267 e. The maximum absolute atomic E-state index is 13.7. The van der Waals surface area contributed by atoms with Gasteiger partial charge in [-0.2, -0.15) is 0 Å². The van der Waals surface area contributed by atoms with Gasteiger partial charge in [-0.15, -0.1) is 11.3 Å². The highest BCUT2D eigenvalue weighted by Gasteiger charge is 2.22. The van der Waals surface area contributed by atoms with Crippen molar-refractivity contribution in [3.63, 3.8) is 0 Å². The molecule has 2 aromatic heterocycles. The Labute approximate surface area is 196 Å². The first-order chi connectivity index (χ1) is 15.6. The Balaban J connectivity index is 1.46. The fourth-order valence-electron chi connectivity index (χ4n) is 4.18. The van der Waals surface area contributed by atoms with Crippen LogP contribution in [0.1, 0.15) is 34.4 Å². The summed E-state index contributed by atoms with van der Waals surface area (Å²) < 4.78 is 7.74. The van der Waals surface area contributed by atoms with Crippen molar-refractivity contribution >= 4 is 33.3 Å². The monoisotopic (exact) mass is 462 g/mol. The highest BCUT2D eigenvalue weighted by Crippen LogP contribution is 2.35. The number of hydrogen-bond acceptors (Lipinski definition) is 5. The van der Waals surface area contributed by atoms with Gasteiger partial charge in [0.25, 0.3) is 5.56 Å². The fourth-order valence-corrected chi connectivity index (χ4v) is 6.32. The Morgan fingerprint density at radius 2 is 1.88 bits per heavy atom. The van der Waals surface area contributed by atoms with Crippen LogP contribution >= 0.6 is 23.1 Å². The zero-order valence-electron chi connectivity index (χ0n) is 18.4. The summed E-state index contributed by atoms with van der Waals surface area (Å²) in [4.78, 5) is 20.9. The molecule has 32 heavy (non-hydrogen) atoms. The van der Waals surface area contributed by atoms with Gasteiger partial charge >= 0.3 is 0 Å². The van der Waals surface area contributed by atoms with Gasteiger partial charge in [-0.3, -0.25) is 9.36 Å². The van der Waals surface area contributed by atoms with Crippen LogP contribution in [0.4, 0.5) is 0 Å². The number of thiophene rings is 1. The highest BCUT2D eigenvalue weighted by molar-refractivity contribution is 7.99. The summed E-state index contributed by atoms with van der Waals surface area (Å²) in [6, 6.07) is 16.0. The molecule has 1 aliphatic rings. The van der Waals surface area contributed by atoms with Crippen LogP contribution in [0.2, 0.25) is 0 Å². The molecule has 1 aliphatic carbocycles. The molecule has 0 saturated carbocycles. The molecule has 0 amide bonds. The second-order valence-electron chi connectivity index (χ2n) is 8.20. The van der Waals surface area contributed by atoms with Crippen molar-refractivity contribution in [2.45, 2.75) is 44.7 Å². The molecule has 0 atom stereocenters. The predicted octanol–water partition coefficient (Wildman–Crippen LogP) is 6.11. The third-order valence-electron chi connectivity index (χ3n) is 6.03. The van der Waals surface area contributed by atoms with Crippen molar-refractivity contribution < 1.29 is 4.74 Å². The van der Waals surface area contributed by atoms with E-state index in [9.17, 15) is 4.79 Å². The number of fused-ring (bicyclic) bond motifs is 3. The molecule has 0 unspecified atom stereocenters. The van der Waals surface area contributed by atoms with E-state index in [-0.39, 0.29) is 5.56 Å². The Morgan fingerprint density at radius 1 is 1.06 bits per heavy atom. The van der Waals surface area contributed by atoms with Crippen LogP contribution < -0.4 is 10.3 Å². The summed E-state index contributed by atoms with van der Waals surface area (Å²) in [7, 11) is 0. The van der Waals surface area contributed by atoms with E-state index in [1.807, 2.05) is 36.4 Å². The van der Waals surface area contributed by atoms with Gasteiger partial charge in [0.15, 0.2) is 5.16 Å². The number of hydrogen-bond donors (Lipinski definition) is 0. The number of ether oxygens (including phenoxy) is 1. The van der Waals surface area contributed by atoms with E-state index in [2.05, 4.69) is 26.0 Å².